The van der Waals surface area contributed by atoms with Crippen molar-refractivity contribution < 1.29 is 4.79 Å². The second-order valence-corrected chi connectivity index (χ2v) is 5.36. The molecule has 0 saturated carbocycles. The zero-order valence-electron chi connectivity index (χ0n) is 12.6. The minimum absolute atomic E-state index is 0.0804. The Morgan fingerprint density at radius 2 is 2.38 bits per heavy atom. The van der Waals surface area contributed by atoms with E-state index in [4.69, 9.17) is 5.73 Å². The molecule has 0 aromatic carbocycles. The average molecular weight is 285 g/mol. The van der Waals surface area contributed by atoms with Gasteiger partial charge in [-0.25, -0.2) is 0 Å². The number of carbonyl (C=O) groups excluding carboxylic acids is 1. The van der Waals surface area contributed by atoms with Crippen molar-refractivity contribution in [3.05, 3.63) is 29.6 Å². The number of nitrogens with two attached hydrogens (primary N) is 1. The van der Waals surface area contributed by atoms with Crippen LogP contribution in [0.4, 0.5) is 0 Å². The van der Waals surface area contributed by atoms with Gasteiger partial charge in [-0.3, -0.25) is 9.78 Å². The van der Waals surface area contributed by atoms with Gasteiger partial charge in [0.2, 0.25) is 0 Å². The Labute approximate surface area is 126 Å². The maximum Gasteiger partial charge on any atom is 0.255 e. The smallest absolute Gasteiger partial charge is 0.255 e. The van der Waals surface area contributed by atoms with Gasteiger partial charge in [0.15, 0.2) is 0 Å². The molecule has 21 heavy (non-hydrogen) atoms. The first kappa shape index (κ1) is 15.5. The summed E-state index contributed by atoms with van der Waals surface area (Å²) in [5, 5.41) is 0. The number of nitrogens with zero attached hydrogens (tertiary/aromatic N) is 2. The number of hydrogen-bond acceptors (Lipinski definition) is 3. The van der Waals surface area contributed by atoms with E-state index in [9.17, 15) is 4.79 Å². The fraction of sp³-hybridized carbons (Fsp3) is 0.529. The lowest BCUT2D eigenvalue weighted by molar-refractivity contribution is 0.0600. The van der Waals surface area contributed by atoms with Crippen LogP contribution in [0, 0.1) is 11.8 Å². The monoisotopic (exact) mass is 285 g/mol. The minimum atomic E-state index is 0.0804. The van der Waals surface area contributed by atoms with Crippen molar-refractivity contribution >= 4 is 5.91 Å². The highest BCUT2D eigenvalue weighted by molar-refractivity contribution is 5.96. The molecular weight excluding hydrogens is 262 g/mol. The molecule has 0 bridgehead atoms. The number of piperidine rings is 1. The molecule has 112 valence electrons. The van der Waals surface area contributed by atoms with E-state index >= 15 is 0 Å². The molecule has 2 N–H and O–H groups in total. The van der Waals surface area contributed by atoms with E-state index in [1.807, 2.05) is 4.90 Å². The zero-order valence-corrected chi connectivity index (χ0v) is 12.6. The third-order valence-electron chi connectivity index (χ3n) is 3.89. The Balaban J connectivity index is 2.26. The molecular formula is C17H23N3O. The largest absolute Gasteiger partial charge is 0.336 e. The van der Waals surface area contributed by atoms with E-state index < -0.39 is 0 Å². The van der Waals surface area contributed by atoms with Crippen LogP contribution in [0.5, 0.6) is 0 Å². The Hall–Kier alpha value is -1.86. The van der Waals surface area contributed by atoms with Crippen LogP contribution in [0.15, 0.2) is 18.5 Å². The first-order valence-corrected chi connectivity index (χ1v) is 7.71. The quantitative estimate of drug-likeness (QED) is 0.866. The van der Waals surface area contributed by atoms with E-state index in [-0.39, 0.29) is 12.5 Å². The molecule has 1 aromatic rings. The van der Waals surface area contributed by atoms with Gasteiger partial charge < -0.3 is 10.6 Å². The number of carbonyl (C=O) groups is 1. The van der Waals surface area contributed by atoms with Crippen molar-refractivity contribution in [3.63, 3.8) is 0 Å². The van der Waals surface area contributed by atoms with Gasteiger partial charge in [0, 0.05) is 25.0 Å². The highest BCUT2D eigenvalue weighted by atomic mass is 16.2. The molecule has 1 aliphatic heterocycles. The van der Waals surface area contributed by atoms with Crippen molar-refractivity contribution in [1.29, 1.82) is 0 Å². The standard InChI is InChI=1S/C17H23N3O/c1-2-6-15-8-3-4-12-20(15)17(21)16-9-11-19-13-14(16)7-5-10-18/h9,11,13,15H,2-4,6,8,10,12,18H2,1H3. The Kier molecular flexibility index (Phi) is 5.77. The molecule has 4 heteroatoms. The summed E-state index contributed by atoms with van der Waals surface area (Å²) in [4.78, 5) is 19.0. The first-order valence-electron chi connectivity index (χ1n) is 7.71. The summed E-state index contributed by atoms with van der Waals surface area (Å²) in [5.74, 6) is 5.84. The molecule has 1 aromatic heterocycles. The molecule has 0 radical (unpaired) electrons. The lowest BCUT2D eigenvalue weighted by atomic mass is 9.96. The van der Waals surface area contributed by atoms with E-state index in [2.05, 4.69) is 23.7 Å². The van der Waals surface area contributed by atoms with Gasteiger partial charge in [-0.15, -0.1) is 0 Å². The molecule has 4 nitrogen and oxygen atoms in total. The van der Waals surface area contributed by atoms with Crippen molar-refractivity contribution in [3.8, 4) is 11.8 Å². The average Bonchev–Trinajstić information content (AvgIpc) is 2.53. The van der Waals surface area contributed by atoms with Crippen LogP contribution in [0.3, 0.4) is 0 Å². The summed E-state index contributed by atoms with van der Waals surface area (Å²) in [7, 11) is 0. The van der Waals surface area contributed by atoms with Gasteiger partial charge in [-0.2, -0.15) is 0 Å². The summed E-state index contributed by atoms with van der Waals surface area (Å²) in [5.41, 5.74) is 6.74. The van der Waals surface area contributed by atoms with Gasteiger partial charge in [-0.05, 0) is 31.7 Å². The van der Waals surface area contributed by atoms with Crippen LogP contribution in [0.1, 0.15) is 54.9 Å². The second kappa shape index (κ2) is 7.80. The van der Waals surface area contributed by atoms with Gasteiger partial charge in [0.25, 0.3) is 5.91 Å². The van der Waals surface area contributed by atoms with Crippen molar-refractivity contribution in [2.24, 2.45) is 5.73 Å². The van der Waals surface area contributed by atoms with Crippen LogP contribution in [0.2, 0.25) is 0 Å². The maximum absolute atomic E-state index is 12.9. The van der Waals surface area contributed by atoms with Crippen LogP contribution in [0.25, 0.3) is 0 Å². The summed E-state index contributed by atoms with van der Waals surface area (Å²) < 4.78 is 0. The SMILES string of the molecule is CCCC1CCCCN1C(=O)c1ccncc1C#CCN. The molecule has 0 spiro atoms. The summed E-state index contributed by atoms with van der Waals surface area (Å²) in [6, 6.07) is 2.13. The lowest BCUT2D eigenvalue weighted by Gasteiger charge is -2.36. The summed E-state index contributed by atoms with van der Waals surface area (Å²) in [6.07, 6.45) is 8.87. The second-order valence-electron chi connectivity index (χ2n) is 5.36. The molecule has 2 heterocycles. The maximum atomic E-state index is 12.9. The van der Waals surface area contributed by atoms with Crippen LogP contribution < -0.4 is 5.73 Å². The fourth-order valence-electron chi connectivity index (χ4n) is 2.88. The first-order chi connectivity index (χ1) is 10.3. The molecule has 1 unspecified atom stereocenters. The molecule has 1 amide bonds. The molecule has 0 aliphatic carbocycles. The predicted molar refractivity (Wildman–Crippen MR) is 83.8 cm³/mol. The highest BCUT2D eigenvalue weighted by Crippen LogP contribution is 2.23. The van der Waals surface area contributed by atoms with E-state index in [1.54, 1.807) is 18.5 Å². The van der Waals surface area contributed by atoms with Crippen LogP contribution >= 0.6 is 0 Å². The number of pyridine rings is 1. The van der Waals surface area contributed by atoms with Crippen LogP contribution in [-0.4, -0.2) is 34.9 Å². The van der Waals surface area contributed by atoms with E-state index in [0.717, 1.165) is 32.2 Å². The molecule has 1 fully saturated rings. The highest BCUT2D eigenvalue weighted by Gasteiger charge is 2.27. The van der Waals surface area contributed by atoms with Gasteiger partial charge in [0.05, 0.1) is 17.7 Å². The van der Waals surface area contributed by atoms with Gasteiger partial charge in [-0.1, -0.05) is 25.2 Å². The fourth-order valence-corrected chi connectivity index (χ4v) is 2.88. The van der Waals surface area contributed by atoms with Gasteiger partial charge >= 0.3 is 0 Å². The minimum Gasteiger partial charge on any atom is -0.336 e. The molecule has 1 saturated heterocycles. The predicted octanol–water partition coefficient (Wildman–Crippen LogP) is 2.19. The molecule has 1 aliphatic rings. The summed E-state index contributed by atoms with van der Waals surface area (Å²) >= 11 is 0. The van der Waals surface area contributed by atoms with E-state index in [0.29, 0.717) is 17.2 Å². The van der Waals surface area contributed by atoms with E-state index in [1.165, 1.54) is 6.42 Å². The van der Waals surface area contributed by atoms with Crippen LogP contribution in [-0.2, 0) is 0 Å². The Morgan fingerprint density at radius 1 is 1.52 bits per heavy atom. The number of likely N-dealkylation sites (tertiary alicyclic amines) is 1. The van der Waals surface area contributed by atoms with Crippen molar-refractivity contribution in [2.75, 3.05) is 13.1 Å². The third kappa shape index (κ3) is 3.83. The van der Waals surface area contributed by atoms with Gasteiger partial charge in [0.1, 0.15) is 0 Å². The number of amides is 1. The number of aromatic nitrogens is 1. The molecule has 2 rings (SSSR count). The Morgan fingerprint density at radius 3 is 3.14 bits per heavy atom. The van der Waals surface area contributed by atoms with Crippen molar-refractivity contribution in [2.45, 2.75) is 45.1 Å². The number of rotatable bonds is 3. The number of hydrogen-bond donors (Lipinski definition) is 1. The zero-order chi connectivity index (χ0) is 15.1. The normalized spacial score (nSPS) is 18.0. The topological polar surface area (TPSA) is 59.2 Å². The van der Waals surface area contributed by atoms with Crippen molar-refractivity contribution in [1.82, 2.24) is 9.88 Å². The Bertz CT molecular complexity index is 542. The summed E-state index contributed by atoms with van der Waals surface area (Å²) in [6.45, 7) is 3.29. The third-order valence-corrected chi connectivity index (χ3v) is 3.89. The molecule has 1 atom stereocenters. The lowest BCUT2D eigenvalue weighted by Crippen LogP contribution is -2.43.